The van der Waals surface area contributed by atoms with Gasteiger partial charge >= 0.3 is 0 Å². The SMILES string of the molecule is CC(C)(C)[Si](c1ccccc1)(c1ccccc1)[C@H]1O[C@@H]1c1ccccc1. The molecule has 1 nitrogen and oxygen atoms in total. The molecule has 4 rings (SSSR count). The van der Waals surface area contributed by atoms with Gasteiger partial charge in [-0.25, -0.2) is 0 Å². The molecule has 0 radical (unpaired) electrons. The minimum Gasteiger partial charge on any atom is -0.367 e. The smallest absolute Gasteiger partial charge is 0.157 e. The minimum absolute atomic E-state index is 0.129. The number of ether oxygens (including phenoxy) is 1. The first-order chi connectivity index (χ1) is 12.5. The highest BCUT2D eigenvalue weighted by molar-refractivity contribution is 7.05. The second kappa shape index (κ2) is 6.53. The first-order valence-electron chi connectivity index (χ1n) is 9.36. The van der Waals surface area contributed by atoms with Crippen LogP contribution in [0.5, 0.6) is 0 Å². The highest BCUT2D eigenvalue weighted by Gasteiger charge is 2.63. The molecule has 2 atom stereocenters. The molecule has 2 heteroatoms. The molecule has 0 bridgehead atoms. The Hall–Kier alpha value is -2.16. The zero-order chi connectivity index (χ0) is 18.2. The predicted octanol–water partition coefficient (Wildman–Crippen LogP) is 4.73. The van der Waals surface area contributed by atoms with E-state index in [-0.39, 0.29) is 16.9 Å². The molecule has 0 saturated carbocycles. The van der Waals surface area contributed by atoms with E-state index in [1.54, 1.807) is 0 Å². The van der Waals surface area contributed by atoms with Crippen LogP contribution in [0.3, 0.4) is 0 Å². The second-order valence-corrected chi connectivity index (χ2v) is 13.0. The van der Waals surface area contributed by atoms with Gasteiger partial charge in [0.15, 0.2) is 8.07 Å². The molecule has 1 saturated heterocycles. The molecule has 1 fully saturated rings. The van der Waals surface area contributed by atoms with E-state index >= 15 is 0 Å². The van der Waals surface area contributed by atoms with Crippen molar-refractivity contribution < 1.29 is 4.74 Å². The minimum atomic E-state index is -2.18. The van der Waals surface area contributed by atoms with Crippen molar-refractivity contribution in [1.29, 1.82) is 0 Å². The molecule has 0 aliphatic carbocycles. The zero-order valence-corrected chi connectivity index (χ0v) is 16.7. The van der Waals surface area contributed by atoms with Crippen molar-refractivity contribution in [3.8, 4) is 0 Å². The summed E-state index contributed by atoms with van der Waals surface area (Å²) in [5, 5.41) is 3.05. The average molecular weight is 359 g/mol. The molecule has 26 heavy (non-hydrogen) atoms. The monoisotopic (exact) mass is 358 g/mol. The van der Waals surface area contributed by atoms with Gasteiger partial charge in [-0.05, 0) is 10.6 Å². The molecular formula is C24H26OSi. The van der Waals surface area contributed by atoms with Crippen molar-refractivity contribution in [1.82, 2.24) is 0 Å². The molecule has 0 spiro atoms. The van der Waals surface area contributed by atoms with E-state index in [2.05, 4.69) is 112 Å². The van der Waals surface area contributed by atoms with Gasteiger partial charge in [0, 0.05) is 0 Å². The van der Waals surface area contributed by atoms with Crippen LogP contribution in [0.1, 0.15) is 32.4 Å². The van der Waals surface area contributed by atoms with Gasteiger partial charge in [-0.3, -0.25) is 0 Å². The molecule has 1 aliphatic rings. The normalized spacial score (nSPS) is 20.0. The summed E-state index contributed by atoms with van der Waals surface area (Å²) in [7, 11) is -2.18. The summed E-state index contributed by atoms with van der Waals surface area (Å²) >= 11 is 0. The van der Waals surface area contributed by atoms with Crippen LogP contribution < -0.4 is 10.4 Å². The second-order valence-electron chi connectivity index (χ2n) is 8.18. The molecule has 3 aromatic carbocycles. The van der Waals surface area contributed by atoms with Crippen LogP contribution in [0.4, 0.5) is 0 Å². The van der Waals surface area contributed by atoms with Gasteiger partial charge in [0.25, 0.3) is 0 Å². The summed E-state index contributed by atoms with van der Waals surface area (Å²) in [5.74, 6) is 0. The Labute approximate surface area is 157 Å². The van der Waals surface area contributed by atoms with Crippen LogP contribution in [-0.4, -0.2) is 13.8 Å². The summed E-state index contributed by atoms with van der Waals surface area (Å²) < 4.78 is 6.47. The topological polar surface area (TPSA) is 12.5 Å². The molecule has 0 amide bonds. The van der Waals surface area contributed by atoms with Crippen molar-refractivity contribution in [2.45, 2.75) is 37.6 Å². The van der Waals surface area contributed by atoms with Gasteiger partial charge in [0.1, 0.15) is 6.10 Å². The predicted molar refractivity (Wildman–Crippen MR) is 112 cm³/mol. The lowest BCUT2D eigenvalue weighted by molar-refractivity contribution is 0.398. The summed E-state index contributed by atoms with van der Waals surface area (Å²) in [6.45, 7) is 7.18. The van der Waals surface area contributed by atoms with Gasteiger partial charge in [0.05, 0.1) is 5.73 Å². The first-order valence-corrected chi connectivity index (χ1v) is 11.4. The lowest BCUT2D eigenvalue weighted by Crippen LogP contribution is -2.68. The maximum atomic E-state index is 6.47. The summed E-state index contributed by atoms with van der Waals surface area (Å²) in [4.78, 5) is 0. The van der Waals surface area contributed by atoms with Gasteiger partial charge in [0.2, 0.25) is 0 Å². The van der Waals surface area contributed by atoms with Gasteiger partial charge < -0.3 is 4.74 Å². The van der Waals surface area contributed by atoms with E-state index in [0.717, 1.165) is 0 Å². The summed E-state index contributed by atoms with van der Waals surface area (Å²) in [5.41, 5.74) is 1.56. The lowest BCUT2D eigenvalue weighted by atomic mass is 10.2. The van der Waals surface area contributed by atoms with Crippen molar-refractivity contribution >= 4 is 18.4 Å². The molecule has 1 heterocycles. The Balaban J connectivity index is 1.90. The third kappa shape index (κ3) is 2.74. The van der Waals surface area contributed by atoms with E-state index in [4.69, 9.17) is 4.74 Å². The molecule has 132 valence electrons. The summed E-state index contributed by atoms with van der Waals surface area (Å²) in [6.07, 6.45) is 0.197. The Bertz CT molecular complexity index is 813. The maximum absolute atomic E-state index is 6.47. The lowest BCUT2D eigenvalue weighted by Gasteiger charge is -2.43. The van der Waals surface area contributed by atoms with E-state index in [0.29, 0.717) is 0 Å². The molecule has 1 aliphatic heterocycles. The first kappa shape index (κ1) is 17.3. The Kier molecular flexibility index (Phi) is 4.34. The van der Waals surface area contributed by atoms with Gasteiger partial charge in [-0.2, -0.15) is 0 Å². The highest BCUT2D eigenvalue weighted by atomic mass is 28.3. The zero-order valence-electron chi connectivity index (χ0n) is 15.7. The van der Waals surface area contributed by atoms with E-state index < -0.39 is 8.07 Å². The number of epoxide rings is 1. The average Bonchev–Trinajstić information content (AvgIpc) is 3.45. The fourth-order valence-electron chi connectivity index (χ4n) is 4.53. The number of hydrogen-bond acceptors (Lipinski definition) is 1. The fraction of sp³-hybridized carbons (Fsp3) is 0.250. The van der Waals surface area contributed by atoms with Crippen LogP contribution in [0.25, 0.3) is 0 Å². The van der Waals surface area contributed by atoms with Crippen LogP contribution in [0.2, 0.25) is 5.04 Å². The highest BCUT2D eigenvalue weighted by Crippen LogP contribution is 2.51. The third-order valence-corrected chi connectivity index (χ3v) is 11.8. The van der Waals surface area contributed by atoms with Gasteiger partial charge in [-0.15, -0.1) is 0 Å². The van der Waals surface area contributed by atoms with Crippen LogP contribution >= 0.6 is 0 Å². The summed E-state index contributed by atoms with van der Waals surface area (Å²) in [6, 6.07) is 32.9. The maximum Gasteiger partial charge on any atom is 0.157 e. The largest absolute Gasteiger partial charge is 0.367 e. The van der Waals surface area contributed by atoms with Gasteiger partial charge in [-0.1, -0.05) is 122 Å². The molecule has 3 aromatic rings. The molecule has 0 aromatic heterocycles. The number of benzene rings is 3. The molecule has 0 unspecified atom stereocenters. The fourth-order valence-corrected chi connectivity index (χ4v) is 10.5. The van der Waals surface area contributed by atoms with Crippen molar-refractivity contribution in [2.24, 2.45) is 0 Å². The third-order valence-electron chi connectivity index (χ3n) is 5.69. The number of rotatable bonds is 4. The van der Waals surface area contributed by atoms with E-state index in [1.165, 1.54) is 15.9 Å². The Morgan fingerprint density at radius 1 is 0.654 bits per heavy atom. The molecule has 0 N–H and O–H groups in total. The van der Waals surface area contributed by atoms with E-state index in [9.17, 15) is 0 Å². The number of hydrogen-bond donors (Lipinski definition) is 0. The van der Waals surface area contributed by atoms with Crippen LogP contribution in [0.15, 0.2) is 91.0 Å². The van der Waals surface area contributed by atoms with Crippen LogP contribution in [-0.2, 0) is 4.74 Å². The standard InChI is InChI=1S/C24H26OSi/c1-24(2,3)26(20-15-9-5-10-16-20,21-17-11-6-12-18-21)23-22(25-23)19-13-7-4-8-14-19/h4-18,22-23H,1-3H3/t22-,23-/m1/s1. The Morgan fingerprint density at radius 2 is 1.08 bits per heavy atom. The Morgan fingerprint density at radius 3 is 1.50 bits per heavy atom. The van der Waals surface area contributed by atoms with E-state index in [1.807, 2.05) is 0 Å². The van der Waals surface area contributed by atoms with Crippen molar-refractivity contribution in [3.63, 3.8) is 0 Å². The van der Waals surface area contributed by atoms with Crippen molar-refractivity contribution in [3.05, 3.63) is 96.6 Å². The quantitative estimate of drug-likeness (QED) is 0.485. The van der Waals surface area contributed by atoms with Crippen molar-refractivity contribution in [2.75, 3.05) is 0 Å². The van der Waals surface area contributed by atoms with Crippen LogP contribution in [0, 0.1) is 0 Å². The molecular weight excluding hydrogens is 332 g/mol.